The van der Waals surface area contributed by atoms with Crippen LogP contribution in [0, 0.1) is 11.6 Å². The normalized spacial score (nSPS) is 10.2. The molecular formula is C14H10BrF2NO2. The molecule has 20 heavy (non-hydrogen) atoms. The van der Waals surface area contributed by atoms with Crippen molar-refractivity contribution in [1.29, 1.82) is 0 Å². The van der Waals surface area contributed by atoms with Gasteiger partial charge in [-0.15, -0.1) is 0 Å². The van der Waals surface area contributed by atoms with E-state index in [1.165, 1.54) is 37.4 Å². The average molecular weight is 342 g/mol. The summed E-state index contributed by atoms with van der Waals surface area (Å²) in [7, 11) is 1.35. The van der Waals surface area contributed by atoms with Crippen LogP contribution in [0.5, 0.6) is 5.75 Å². The van der Waals surface area contributed by atoms with Crippen molar-refractivity contribution in [3.63, 3.8) is 0 Å². The fraction of sp³-hybridized carbons (Fsp3) is 0.0714. The van der Waals surface area contributed by atoms with E-state index >= 15 is 0 Å². The Kier molecular flexibility index (Phi) is 4.34. The lowest BCUT2D eigenvalue weighted by atomic mass is 10.2. The minimum absolute atomic E-state index is 0.0903. The minimum atomic E-state index is -0.578. The quantitative estimate of drug-likeness (QED) is 0.916. The van der Waals surface area contributed by atoms with Crippen molar-refractivity contribution in [2.24, 2.45) is 0 Å². The van der Waals surface area contributed by atoms with Crippen LogP contribution in [0.2, 0.25) is 0 Å². The highest BCUT2D eigenvalue weighted by Crippen LogP contribution is 2.22. The molecule has 1 N–H and O–H groups in total. The predicted octanol–water partition coefficient (Wildman–Crippen LogP) is 3.99. The molecule has 0 radical (unpaired) electrons. The Morgan fingerprint density at radius 1 is 1.15 bits per heavy atom. The first-order chi connectivity index (χ1) is 9.51. The molecule has 0 unspecified atom stereocenters. The Bertz CT molecular complexity index is 662. The van der Waals surface area contributed by atoms with Crippen molar-refractivity contribution in [1.82, 2.24) is 0 Å². The van der Waals surface area contributed by atoms with Gasteiger partial charge < -0.3 is 10.1 Å². The number of benzene rings is 2. The molecule has 104 valence electrons. The van der Waals surface area contributed by atoms with Crippen molar-refractivity contribution in [2.45, 2.75) is 0 Å². The molecule has 2 aromatic rings. The number of carbonyl (C=O) groups excluding carboxylic acids is 1. The smallest absolute Gasteiger partial charge is 0.255 e. The summed E-state index contributed by atoms with van der Waals surface area (Å²) in [5.41, 5.74) is 0.545. The zero-order chi connectivity index (χ0) is 14.7. The fourth-order valence-corrected chi connectivity index (χ4v) is 1.96. The highest BCUT2D eigenvalue weighted by molar-refractivity contribution is 9.10. The first-order valence-electron chi connectivity index (χ1n) is 5.61. The largest absolute Gasteiger partial charge is 0.494 e. The number of nitrogens with one attached hydrogen (secondary N) is 1. The number of hydrogen-bond acceptors (Lipinski definition) is 2. The van der Waals surface area contributed by atoms with Gasteiger partial charge in [0.15, 0.2) is 11.6 Å². The van der Waals surface area contributed by atoms with Crippen molar-refractivity contribution in [2.75, 3.05) is 12.4 Å². The predicted molar refractivity (Wildman–Crippen MR) is 75.0 cm³/mol. The summed E-state index contributed by atoms with van der Waals surface area (Å²) in [5, 5.41) is 2.52. The van der Waals surface area contributed by atoms with Crippen LogP contribution in [0.25, 0.3) is 0 Å². The highest BCUT2D eigenvalue weighted by atomic mass is 79.9. The molecule has 3 nitrogen and oxygen atoms in total. The monoisotopic (exact) mass is 341 g/mol. The molecule has 0 aliphatic heterocycles. The molecule has 0 spiro atoms. The van der Waals surface area contributed by atoms with Crippen LogP contribution in [0.1, 0.15) is 10.4 Å². The molecule has 1 amide bonds. The first kappa shape index (κ1) is 14.5. The van der Waals surface area contributed by atoms with E-state index in [2.05, 4.69) is 21.2 Å². The fourth-order valence-electron chi connectivity index (χ4n) is 1.58. The Labute approximate surface area is 122 Å². The molecule has 0 aromatic heterocycles. The summed E-state index contributed by atoms with van der Waals surface area (Å²) in [4.78, 5) is 11.9. The van der Waals surface area contributed by atoms with Crippen molar-refractivity contribution < 1.29 is 18.3 Å². The van der Waals surface area contributed by atoms with Gasteiger partial charge in [0.25, 0.3) is 5.91 Å². The van der Waals surface area contributed by atoms with E-state index in [0.29, 0.717) is 0 Å². The van der Waals surface area contributed by atoms with Crippen LogP contribution in [-0.2, 0) is 0 Å². The Hall–Kier alpha value is -1.95. The number of hydrogen-bond donors (Lipinski definition) is 1. The number of anilines is 1. The Balaban J connectivity index is 2.19. The second kappa shape index (κ2) is 6.00. The molecule has 0 saturated heterocycles. The maximum Gasteiger partial charge on any atom is 0.255 e. The molecule has 0 heterocycles. The van der Waals surface area contributed by atoms with Gasteiger partial charge in [-0.1, -0.05) is 0 Å². The summed E-state index contributed by atoms with van der Waals surface area (Å²) in [6, 6.07) is 7.94. The maximum absolute atomic E-state index is 13.5. The van der Waals surface area contributed by atoms with Crippen LogP contribution in [0.3, 0.4) is 0 Å². The third-order valence-corrected chi connectivity index (χ3v) is 3.20. The molecule has 0 aliphatic rings. The van der Waals surface area contributed by atoms with Crippen LogP contribution < -0.4 is 10.1 Å². The van der Waals surface area contributed by atoms with Gasteiger partial charge in [-0.05, 0) is 46.3 Å². The summed E-state index contributed by atoms with van der Waals surface area (Å²) < 4.78 is 31.5. The molecule has 6 heteroatoms. The van der Waals surface area contributed by atoms with E-state index in [1.807, 2.05) is 0 Å². The van der Waals surface area contributed by atoms with Gasteiger partial charge in [-0.3, -0.25) is 4.79 Å². The molecule has 0 aliphatic carbocycles. The number of carbonyl (C=O) groups is 1. The standard InChI is InChI=1S/C14H10BrF2NO2/c1-20-13-5-3-9(7-12(13)17)18-14(19)8-2-4-11(16)10(15)6-8/h2-7H,1H3,(H,18,19). The zero-order valence-corrected chi connectivity index (χ0v) is 12.0. The summed E-state index contributed by atoms with van der Waals surface area (Å²) >= 11 is 3.00. The molecule has 2 rings (SSSR count). The van der Waals surface area contributed by atoms with E-state index < -0.39 is 17.5 Å². The first-order valence-corrected chi connectivity index (χ1v) is 6.40. The lowest BCUT2D eigenvalue weighted by molar-refractivity contribution is 0.102. The number of methoxy groups -OCH3 is 1. The van der Waals surface area contributed by atoms with Gasteiger partial charge >= 0.3 is 0 Å². The molecule has 0 fully saturated rings. The Morgan fingerprint density at radius 2 is 1.90 bits per heavy atom. The zero-order valence-electron chi connectivity index (χ0n) is 10.4. The van der Waals surface area contributed by atoms with Crippen LogP contribution in [-0.4, -0.2) is 13.0 Å². The second-order valence-corrected chi connectivity index (χ2v) is 4.79. The van der Waals surface area contributed by atoms with E-state index in [9.17, 15) is 13.6 Å². The molecular weight excluding hydrogens is 332 g/mol. The number of halogens is 3. The molecule has 0 atom stereocenters. The van der Waals surface area contributed by atoms with Gasteiger partial charge in [0.1, 0.15) is 5.82 Å². The third-order valence-electron chi connectivity index (χ3n) is 2.59. The average Bonchev–Trinajstić information content (AvgIpc) is 2.42. The lowest BCUT2D eigenvalue weighted by Crippen LogP contribution is -2.12. The van der Waals surface area contributed by atoms with Gasteiger partial charge in [-0.2, -0.15) is 0 Å². The van der Waals surface area contributed by atoms with Crippen molar-refractivity contribution in [3.05, 3.63) is 58.1 Å². The molecule has 0 saturated carbocycles. The molecule has 2 aromatic carbocycles. The minimum Gasteiger partial charge on any atom is -0.494 e. The van der Waals surface area contributed by atoms with Crippen LogP contribution in [0.15, 0.2) is 40.9 Å². The maximum atomic E-state index is 13.5. The summed E-state index contributed by atoms with van der Waals surface area (Å²) in [6.45, 7) is 0. The van der Waals surface area contributed by atoms with Gasteiger partial charge in [0.2, 0.25) is 0 Å². The Morgan fingerprint density at radius 3 is 2.50 bits per heavy atom. The van der Waals surface area contributed by atoms with E-state index in [-0.39, 0.29) is 21.5 Å². The lowest BCUT2D eigenvalue weighted by Gasteiger charge is -2.08. The van der Waals surface area contributed by atoms with Crippen molar-refractivity contribution >= 4 is 27.5 Å². The van der Waals surface area contributed by atoms with Crippen molar-refractivity contribution in [3.8, 4) is 5.75 Å². The number of rotatable bonds is 3. The second-order valence-electron chi connectivity index (χ2n) is 3.93. The highest BCUT2D eigenvalue weighted by Gasteiger charge is 2.10. The third kappa shape index (κ3) is 3.14. The van der Waals surface area contributed by atoms with E-state index in [4.69, 9.17) is 4.74 Å². The van der Waals surface area contributed by atoms with Gasteiger partial charge in [-0.25, -0.2) is 8.78 Å². The number of amides is 1. The van der Waals surface area contributed by atoms with Crippen LogP contribution >= 0.6 is 15.9 Å². The SMILES string of the molecule is COc1ccc(NC(=O)c2ccc(F)c(Br)c2)cc1F. The summed E-state index contributed by atoms with van der Waals surface area (Å²) in [5.74, 6) is -1.41. The van der Waals surface area contributed by atoms with E-state index in [0.717, 1.165) is 6.07 Å². The molecule has 0 bridgehead atoms. The summed E-state index contributed by atoms with van der Waals surface area (Å²) in [6.07, 6.45) is 0. The van der Waals surface area contributed by atoms with Crippen LogP contribution in [0.4, 0.5) is 14.5 Å². The number of ether oxygens (including phenoxy) is 1. The topological polar surface area (TPSA) is 38.3 Å². The van der Waals surface area contributed by atoms with E-state index in [1.54, 1.807) is 0 Å². The van der Waals surface area contributed by atoms with Gasteiger partial charge in [0.05, 0.1) is 11.6 Å². The van der Waals surface area contributed by atoms with Gasteiger partial charge in [0, 0.05) is 17.3 Å².